The Morgan fingerprint density at radius 1 is 0.941 bits per heavy atom. The van der Waals surface area contributed by atoms with Crippen molar-refractivity contribution in [1.82, 2.24) is 5.32 Å². The van der Waals surface area contributed by atoms with Crippen molar-refractivity contribution < 1.29 is 0 Å². The molecule has 1 N–H and O–H groups in total. The van der Waals surface area contributed by atoms with Gasteiger partial charge in [0.05, 0.1) is 0 Å². The molecule has 0 spiro atoms. The highest BCUT2D eigenvalue weighted by Crippen LogP contribution is 2.30. The highest BCUT2D eigenvalue weighted by atomic mass is 14.9. The largest absolute Gasteiger partial charge is 0.312 e. The van der Waals surface area contributed by atoms with E-state index in [1.54, 1.807) is 0 Å². The lowest BCUT2D eigenvalue weighted by Gasteiger charge is -2.21. The van der Waals surface area contributed by atoms with Crippen LogP contribution < -0.4 is 5.32 Å². The molecule has 0 saturated carbocycles. The third-order valence-corrected chi connectivity index (χ3v) is 3.58. The molecule has 0 amide bonds. The topological polar surface area (TPSA) is 12.0 Å². The number of aryl methyl sites for hydroxylation is 1. The third kappa shape index (κ3) is 1.87. The molecule has 1 heterocycles. The molecule has 1 aliphatic heterocycles. The smallest absolute Gasteiger partial charge is 0.0208 e. The summed E-state index contributed by atoms with van der Waals surface area (Å²) in [6.45, 7) is 4.29. The van der Waals surface area contributed by atoms with Crippen molar-refractivity contribution in [2.45, 2.75) is 19.9 Å². The van der Waals surface area contributed by atoms with Crippen LogP contribution in [0.4, 0.5) is 0 Å². The molecule has 17 heavy (non-hydrogen) atoms. The van der Waals surface area contributed by atoms with Crippen LogP contribution in [0.3, 0.4) is 0 Å². The maximum atomic E-state index is 3.43. The Morgan fingerprint density at radius 3 is 2.65 bits per heavy atom. The van der Waals surface area contributed by atoms with Gasteiger partial charge in [0.15, 0.2) is 0 Å². The molecule has 0 bridgehead atoms. The van der Waals surface area contributed by atoms with Gasteiger partial charge in [-0.15, -0.1) is 0 Å². The van der Waals surface area contributed by atoms with E-state index in [1.165, 1.54) is 27.8 Å². The summed E-state index contributed by atoms with van der Waals surface area (Å²) in [5.41, 5.74) is 7.14. The fourth-order valence-electron chi connectivity index (χ4n) is 2.66. The Hall–Kier alpha value is -1.60. The van der Waals surface area contributed by atoms with Crippen molar-refractivity contribution in [2.24, 2.45) is 0 Å². The Morgan fingerprint density at radius 2 is 1.76 bits per heavy atom. The van der Waals surface area contributed by atoms with Crippen molar-refractivity contribution in [3.05, 3.63) is 59.2 Å². The quantitative estimate of drug-likeness (QED) is 0.782. The van der Waals surface area contributed by atoms with E-state index in [-0.39, 0.29) is 0 Å². The second-order valence-electron chi connectivity index (χ2n) is 4.68. The fourth-order valence-corrected chi connectivity index (χ4v) is 2.66. The molecule has 86 valence electrons. The zero-order chi connectivity index (χ0) is 11.7. The summed E-state index contributed by atoms with van der Waals surface area (Å²) < 4.78 is 0. The molecule has 1 nitrogen and oxygen atoms in total. The van der Waals surface area contributed by atoms with E-state index in [0.29, 0.717) is 0 Å². The van der Waals surface area contributed by atoms with Gasteiger partial charge in [-0.05, 0) is 47.7 Å². The van der Waals surface area contributed by atoms with Crippen LogP contribution in [0, 0.1) is 6.92 Å². The molecule has 0 saturated heterocycles. The summed E-state index contributed by atoms with van der Waals surface area (Å²) in [6.07, 6.45) is 1.14. The molecule has 0 aromatic heterocycles. The summed E-state index contributed by atoms with van der Waals surface area (Å²) in [7, 11) is 0. The number of hydrogen-bond acceptors (Lipinski definition) is 1. The summed E-state index contributed by atoms with van der Waals surface area (Å²) in [5.74, 6) is 0. The number of hydrogen-bond donors (Lipinski definition) is 1. The van der Waals surface area contributed by atoms with Gasteiger partial charge in [-0.2, -0.15) is 0 Å². The number of benzene rings is 2. The molecular weight excluding hydrogens is 206 g/mol. The van der Waals surface area contributed by atoms with E-state index in [4.69, 9.17) is 0 Å². The van der Waals surface area contributed by atoms with Crippen LogP contribution in [0.15, 0.2) is 42.5 Å². The Labute approximate surface area is 102 Å². The number of nitrogens with one attached hydrogen (secondary N) is 1. The Kier molecular flexibility index (Phi) is 2.69. The lowest BCUT2D eigenvalue weighted by atomic mass is 9.90. The standard InChI is InChI=1S/C16H17N/c1-12-5-2-3-7-14(12)16-8-4-6-13-11-17-10-9-15(13)16/h2-8,17H,9-11H2,1H3. The van der Waals surface area contributed by atoms with E-state index in [2.05, 4.69) is 54.7 Å². The van der Waals surface area contributed by atoms with Crippen LogP contribution in [0.25, 0.3) is 11.1 Å². The number of rotatable bonds is 1. The minimum Gasteiger partial charge on any atom is -0.312 e. The summed E-state index contributed by atoms with van der Waals surface area (Å²) in [4.78, 5) is 0. The Bertz CT molecular complexity index is 543. The first-order chi connectivity index (χ1) is 8.36. The van der Waals surface area contributed by atoms with Crippen LogP contribution in [-0.2, 0) is 13.0 Å². The van der Waals surface area contributed by atoms with E-state index < -0.39 is 0 Å². The average molecular weight is 223 g/mol. The molecule has 2 aromatic carbocycles. The van der Waals surface area contributed by atoms with Gasteiger partial charge in [-0.25, -0.2) is 0 Å². The number of fused-ring (bicyclic) bond motifs is 1. The van der Waals surface area contributed by atoms with Crippen LogP contribution in [-0.4, -0.2) is 6.54 Å². The lowest BCUT2D eigenvalue weighted by molar-refractivity contribution is 0.645. The molecule has 1 heteroatoms. The van der Waals surface area contributed by atoms with Crippen molar-refractivity contribution in [3.8, 4) is 11.1 Å². The monoisotopic (exact) mass is 223 g/mol. The maximum Gasteiger partial charge on any atom is 0.0208 e. The van der Waals surface area contributed by atoms with Gasteiger partial charge in [0.25, 0.3) is 0 Å². The van der Waals surface area contributed by atoms with Crippen LogP contribution >= 0.6 is 0 Å². The molecule has 1 aliphatic rings. The highest BCUT2D eigenvalue weighted by Gasteiger charge is 2.14. The fraction of sp³-hybridized carbons (Fsp3) is 0.250. The Balaban J connectivity index is 2.18. The van der Waals surface area contributed by atoms with Crippen molar-refractivity contribution in [2.75, 3.05) is 6.54 Å². The van der Waals surface area contributed by atoms with Crippen LogP contribution in [0.2, 0.25) is 0 Å². The van der Waals surface area contributed by atoms with Gasteiger partial charge in [-0.3, -0.25) is 0 Å². The van der Waals surface area contributed by atoms with Gasteiger partial charge < -0.3 is 5.32 Å². The molecule has 0 unspecified atom stereocenters. The normalized spacial score (nSPS) is 14.4. The average Bonchev–Trinajstić information content (AvgIpc) is 2.39. The molecule has 0 aliphatic carbocycles. The zero-order valence-corrected chi connectivity index (χ0v) is 10.2. The highest BCUT2D eigenvalue weighted by molar-refractivity contribution is 5.72. The lowest BCUT2D eigenvalue weighted by Crippen LogP contribution is -2.24. The summed E-state index contributed by atoms with van der Waals surface area (Å²) in [5, 5.41) is 3.43. The third-order valence-electron chi connectivity index (χ3n) is 3.58. The minimum absolute atomic E-state index is 1.01. The van der Waals surface area contributed by atoms with E-state index in [1.807, 2.05) is 0 Å². The van der Waals surface area contributed by atoms with E-state index in [0.717, 1.165) is 19.5 Å². The SMILES string of the molecule is Cc1ccccc1-c1cccc2c1CCNC2. The van der Waals surface area contributed by atoms with Gasteiger partial charge in [0.1, 0.15) is 0 Å². The molecule has 0 radical (unpaired) electrons. The van der Waals surface area contributed by atoms with E-state index in [9.17, 15) is 0 Å². The minimum atomic E-state index is 1.01. The first-order valence-corrected chi connectivity index (χ1v) is 6.24. The predicted molar refractivity (Wildman–Crippen MR) is 72.0 cm³/mol. The zero-order valence-electron chi connectivity index (χ0n) is 10.2. The van der Waals surface area contributed by atoms with Crippen molar-refractivity contribution in [3.63, 3.8) is 0 Å². The van der Waals surface area contributed by atoms with E-state index >= 15 is 0 Å². The van der Waals surface area contributed by atoms with Gasteiger partial charge in [-0.1, -0.05) is 42.5 Å². The molecule has 3 rings (SSSR count). The second kappa shape index (κ2) is 4.34. The van der Waals surface area contributed by atoms with Crippen molar-refractivity contribution in [1.29, 1.82) is 0 Å². The summed E-state index contributed by atoms with van der Waals surface area (Å²) >= 11 is 0. The van der Waals surface area contributed by atoms with Crippen LogP contribution in [0.5, 0.6) is 0 Å². The molecular formula is C16H17N. The molecule has 2 aromatic rings. The van der Waals surface area contributed by atoms with Gasteiger partial charge in [0, 0.05) is 6.54 Å². The van der Waals surface area contributed by atoms with Crippen LogP contribution in [0.1, 0.15) is 16.7 Å². The first kappa shape index (κ1) is 10.5. The second-order valence-corrected chi connectivity index (χ2v) is 4.68. The molecule has 0 atom stereocenters. The summed E-state index contributed by atoms with van der Waals surface area (Å²) in [6, 6.07) is 15.3. The van der Waals surface area contributed by atoms with Crippen molar-refractivity contribution >= 4 is 0 Å². The molecule has 0 fully saturated rings. The predicted octanol–water partition coefficient (Wildman–Crippen LogP) is 3.31. The first-order valence-electron chi connectivity index (χ1n) is 6.24. The maximum absolute atomic E-state index is 3.43. The van der Waals surface area contributed by atoms with Gasteiger partial charge in [0.2, 0.25) is 0 Å². The van der Waals surface area contributed by atoms with Gasteiger partial charge >= 0.3 is 0 Å².